The van der Waals surface area contributed by atoms with Gasteiger partial charge in [0.15, 0.2) is 0 Å². The van der Waals surface area contributed by atoms with E-state index in [0.717, 1.165) is 10.0 Å². The van der Waals surface area contributed by atoms with E-state index in [0.29, 0.717) is 11.1 Å². The van der Waals surface area contributed by atoms with Crippen LogP contribution in [0.2, 0.25) is 0 Å². The van der Waals surface area contributed by atoms with Crippen molar-refractivity contribution in [2.75, 3.05) is 12.6 Å². The molecule has 0 aliphatic carbocycles. The van der Waals surface area contributed by atoms with Gasteiger partial charge in [-0.3, -0.25) is 9.13 Å². The van der Waals surface area contributed by atoms with Crippen molar-refractivity contribution in [3.63, 3.8) is 0 Å². The molecule has 2 rings (SSSR count). The molecule has 160 valence electrons. The molecule has 0 aliphatic heterocycles. The Morgan fingerprint density at radius 1 is 0.655 bits per heavy atom. The maximum absolute atomic E-state index is 11.6. The Bertz CT molecular complexity index is 830. The molecule has 0 amide bonds. The van der Waals surface area contributed by atoms with E-state index < -0.39 is 27.8 Å². The van der Waals surface area contributed by atoms with Crippen LogP contribution in [0.5, 0.6) is 11.5 Å². The molecule has 0 radical (unpaired) electrons. The number of nitrogens with zero attached hydrogens (tertiary/aromatic N) is 2. The molecular weight excluding hydrogens is 466 g/mol. The minimum atomic E-state index is -4.62. The first-order valence-corrected chi connectivity index (χ1v) is 11.7. The van der Waals surface area contributed by atoms with Gasteiger partial charge in [0, 0.05) is 24.2 Å². The van der Waals surface area contributed by atoms with Crippen molar-refractivity contribution in [3.05, 3.63) is 59.7 Å². The third-order valence-corrected chi connectivity index (χ3v) is 5.17. The summed E-state index contributed by atoms with van der Waals surface area (Å²) in [5.41, 5.74) is 0.618. The van der Waals surface area contributed by atoms with Gasteiger partial charge >= 0.3 is 32.3 Å². The van der Waals surface area contributed by atoms with E-state index in [1.807, 2.05) is 0 Å². The summed E-state index contributed by atoms with van der Waals surface area (Å²) in [6.45, 7) is -0.434. The summed E-state index contributed by atoms with van der Waals surface area (Å²) in [6.07, 6.45) is -1.68. The molecule has 0 spiro atoms. The zero-order valence-corrected chi connectivity index (χ0v) is 18.0. The first-order chi connectivity index (χ1) is 12.9. The molecule has 0 heterocycles. The third-order valence-electron chi connectivity index (χ3n) is 3.78. The molecule has 6 N–H and O–H groups in total. The maximum Gasteiger partial charge on any atom is 2.00 e. The number of hydrazine groups is 1. The molecule has 0 bridgehead atoms. The number of hydrogen-bond donors (Lipinski definition) is 6. The first-order valence-electron chi connectivity index (χ1n) is 8.07. The van der Waals surface area contributed by atoms with Crippen molar-refractivity contribution < 1.29 is 56.0 Å². The van der Waals surface area contributed by atoms with Gasteiger partial charge in [-0.15, -0.1) is 0 Å². The van der Waals surface area contributed by atoms with Gasteiger partial charge in [0.2, 0.25) is 0 Å². The molecule has 0 aliphatic rings. The topological polar surface area (TPSA) is 162 Å². The summed E-state index contributed by atoms with van der Waals surface area (Å²) in [5, 5.41) is 22.1. The molecule has 10 nitrogen and oxygen atoms in total. The van der Waals surface area contributed by atoms with Crippen LogP contribution in [0.4, 0.5) is 0 Å². The zero-order chi connectivity index (χ0) is 20.9. The zero-order valence-electron chi connectivity index (χ0n) is 15.1. The van der Waals surface area contributed by atoms with Gasteiger partial charge in [-0.25, -0.2) is 10.0 Å². The Kier molecular flexibility index (Phi) is 9.53. The monoisotopic (exact) mass is 488 g/mol. The number of hydrogen-bond acceptors (Lipinski definition) is 6. The van der Waals surface area contributed by atoms with Crippen LogP contribution in [0.1, 0.15) is 11.1 Å². The standard InChI is InChI=1S/C16H22N2O8P2.Fe/c19-15-7-3-1-5-13(15)9-17(11-27(21,22)23)18(12-28(24,25)26)10-14-6-2-4-8-16(14)20;/h1-8,19-20H,9-12H2,(H2,21,22,23)(H2,24,25,26);/q;+2. The molecule has 29 heavy (non-hydrogen) atoms. The fourth-order valence-electron chi connectivity index (χ4n) is 2.59. The molecule has 2 aromatic carbocycles. The van der Waals surface area contributed by atoms with E-state index in [1.165, 1.54) is 24.3 Å². The first kappa shape index (κ1) is 25.8. The van der Waals surface area contributed by atoms with Gasteiger partial charge in [0.25, 0.3) is 0 Å². The molecule has 2 aromatic rings. The average Bonchev–Trinajstić information content (AvgIpc) is 2.55. The van der Waals surface area contributed by atoms with Crippen LogP contribution in [-0.4, -0.2) is 52.4 Å². The number of para-hydroxylation sites is 2. The Hall–Kier alpha value is -1.22. The van der Waals surface area contributed by atoms with E-state index >= 15 is 0 Å². The van der Waals surface area contributed by atoms with Crippen LogP contribution >= 0.6 is 15.2 Å². The van der Waals surface area contributed by atoms with Crippen LogP contribution in [0.3, 0.4) is 0 Å². The van der Waals surface area contributed by atoms with Gasteiger partial charge in [0.1, 0.15) is 24.1 Å². The van der Waals surface area contributed by atoms with E-state index in [4.69, 9.17) is 0 Å². The second-order valence-electron chi connectivity index (χ2n) is 6.20. The summed E-state index contributed by atoms with van der Waals surface area (Å²) in [4.78, 5) is 37.8. The number of aromatic hydroxyl groups is 2. The molecule has 0 fully saturated rings. The fourth-order valence-corrected chi connectivity index (χ4v) is 3.99. The van der Waals surface area contributed by atoms with Gasteiger partial charge in [-0.05, 0) is 12.1 Å². The summed E-state index contributed by atoms with van der Waals surface area (Å²) < 4.78 is 23.3. The smallest absolute Gasteiger partial charge is 0.508 e. The molecule has 0 aromatic heterocycles. The third kappa shape index (κ3) is 8.98. The minimum absolute atomic E-state index is 0. The van der Waals surface area contributed by atoms with Gasteiger partial charge < -0.3 is 29.8 Å². The molecule has 0 saturated heterocycles. The van der Waals surface area contributed by atoms with Crippen molar-refractivity contribution in [2.24, 2.45) is 0 Å². The second-order valence-corrected chi connectivity index (χ2v) is 9.42. The SMILES string of the molecule is O=P(O)(O)CN(Cc1ccccc1O)N(Cc1ccccc1O)CP(=O)(O)O.[Fe+2]. The second kappa shape index (κ2) is 10.7. The van der Waals surface area contributed by atoms with Crippen molar-refractivity contribution in [2.45, 2.75) is 13.1 Å². The molecule has 0 unspecified atom stereocenters. The quantitative estimate of drug-likeness (QED) is 0.174. The Morgan fingerprint density at radius 2 is 0.966 bits per heavy atom. The van der Waals surface area contributed by atoms with E-state index in [1.54, 1.807) is 24.3 Å². The number of phenols is 2. The summed E-state index contributed by atoms with van der Waals surface area (Å²) in [7, 11) is -9.25. The molecular formula is C16H22FeN2O8P2+2. The molecule has 0 atom stereocenters. The Morgan fingerprint density at radius 3 is 1.24 bits per heavy atom. The normalized spacial score (nSPS) is 12.2. The minimum Gasteiger partial charge on any atom is -0.508 e. The van der Waals surface area contributed by atoms with Crippen molar-refractivity contribution >= 4 is 15.2 Å². The Balaban J connectivity index is 0.00000420. The number of phenolic OH excluding ortho intramolecular Hbond substituents is 2. The summed E-state index contributed by atoms with van der Waals surface area (Å²) in [5.74, 6) is -0.256. The summed E-state index contributed by atoms with van der Waals surface area (Å²) >= 11 is 0. The Labute approximate surface area is 178 Å². The van der Waals surface area contributed by atoms with Gasteiger partial charge in [-0.2, -0.15) is 0 Å². The number of benzene rings is 2. The largest absolute Gasteiger partial charge is 2.00 e. The van der Waals surface area contributed by atoms with Crippen LogP contribution in [0, 0.1) is 0 Å². The predicted molar refractivity (Wildman–Crippen MR) is 101 cm³/mol. The van der Waals surface area contributed by atoms with Crippen LogP contribution < -0.4 is 0 Å². The average molecular weight is 488 g/mol. The van der Waals surface area contributed by atoms with Crippen molar-refractivity contribution in [3.8, 4) is 11.5 Å². The predicted octanol–water partition coefficient (Wildman–Crippen LogP) is 1.58. The van der Waals surface area contributed by atoms with E-state index in [9.17, 15) is 38.9 Å². The number of rotatable bonds is 9. The van der Waals surface area contributed by atoms with E-state index in [2.05, 4.69) is 0 Å². The van der Waals surface area contributed by atoms with Crippen molar-refractivity contribution in [1.82, 2.24) is 10.0 Å². The van der Waals surface area contributed by atoms with E-state index in [-0.39, 0.29) is 41.7 Å². The van der Waals surface area contributed by atoms with Gasteiger partial charge in [-0.1, -0.05) is 36.4 Å². The fraction of sp³-hybridized carbons (Fsp3) is 0.250. The van der Waals surface area contributed by atoms with Crippen molar-refractivity contribution in [1.29, 1.82) is 0 Å². The van der Waals surface area contributed by atoms with Crippen LogP contribution in [0.25, 0.3) is 0 Å². The molecule has 13 heteroatoms. The van der Waals surface area contributed by atoms with Gasteiger partial charge in [0.05, 0.1) is 0 Å². The molecule has 0 saturated carbocycles. The summed E-state index contributed by atoms with van der Waals surface area (Å²) in [6, 6.07) is 12.2. The maximum atomic E-state index is 11.6. The van der Waals surface area contributed by atoms with Crippen LogP contribution in [0.15, 0.2) is 48.5 Å². The van der Waals surface area contributed by atoms with Crippen LogP contribution in [-0.2, 0) is 39.3 Å².